The van der Waals surface area contributed by atoms with Crippen molar-refractivity contribution >= 4 is 23.7 Å². The number of hydrogen-bond acceptors (Lipinski definition) is 5. The molecule has 4 rings (SSSR count). The Hall–Kier alpha value is -4.09. The van der Waals surface area contributed by atoms with Gasteiger partial charge in [-0.25, -0.2) is 4.79 Å². The first kappa shape index (κ1) is 24.0. The predicted octanol–water partition coefficient (Wildman–Crippen LogP) is 1.28. The van der Waals surface area contributed by atoms with Crippen LogP contribution in [0.5, 0.6) is 5.75 Å². The fourth-order valence-corrected chi connectivity index (χ4v) is 4.18. The topological polar surface area (TPSA) is 116 Å². The van der Waals surface area contributed by atoms with Gasteiger partial charge in [-0.3, -0.25) is 14.4 Å². The molecule has 0 bridgehead atoms. The molecule has 0 radical (unpaired) electrons. The van der Waals surface area contributed by atoms with Crippen LogP contribution in [0.2, 0.25) is 0 Å². The maximum absolute atomic E-state index is 13.0. The zero-order chi connectivity index (χ0) is 25.3. The Kier molecular flexibility index (Phi) is 6.37. The Labute approximate surface area is 197 Å². The largest absolute Gasteiger partial charge is 0.484 e. The summed E-state index contributed by atoms with van der Waals surface area (Å²) < 4.78 is 44.2. The number of hydrogen-bond donors (Lipinski definition) is 2. The van der Waals surface area contributed by atoms with E-state index in [1.807, 2.05) is 0 Å². The zero-order valence-electron chi connectivity index (χ0n) is 18.1. The maximum Gasteiger partial charge on any atom is 0.416 e. The number of carbonyl (C=O) groups is 4. The lowest BCUT2D eigenvalue weighted by Gasteiger charge is -2.43. The Morgan fingerprint density at radius 2 is 1.80 bits per heavy atom. The van der Waals surface area contributed by atoms with Gasteiger partial charge < -0.3 is 25.0 Å². The summed E-state index contributed by atoms with van der Waals surface area (Å²) >= 11 is 0. The fraction of sp³-hybridized carbons (Fsp3) is 0.304. The minimum atomic E-state index is -4.59. The third-order valence-corrected chi connectivity index (χ3v) is 5.79. The number of β-lactam (4-membered cyclic amide) rings is 1. The summed E-state index contributed by atoms with van der Waals surface area (Å²) in [5.41, 5.74) is -0.879. The minimum Gasteiger partial charge on any atom is -0.484 e. The van der Waals surface area contributed by atoms with Crippen molar-refractivity contribution in [3.8, 4) is 5.75 Å². The van der Waals surface area contributed by atoms with Crippen LogP contribution in [-0.2, 0) is 31.8 Å². The number of para-hydroxylation sites is 1. The summed E-state index contributed by atoms with van der Waals surface area (Å²) in [4.78, 5) is 51.4. The first-order valence-electron chi connectivity index (χ1n) is 10.5. The highest BCUT2D eigenvalue weighted by atomic mass is 19.4. The Morgan fingerprint density at radius 1 is 1.09 bits per heavy atom. The lowest BCUT2D eigenvalue weighted by atomic mass is 9.96. The Bertz CT molecular complexity index is 1160. The second-order valence-electron chi connectivity index (χ2n) is 8.09. The molecule has 35 heavy (non-hydrogen) atoms. The van der Waals surface area contributed by atoms with Crippen LogP contribution in [0.3, 0.4) is 0 Å². The van der Waals surface area contributed by atoms with Crippen molar-refractivity contribution in [2.75, 3.05) is 13.2 Å². The van der Waals surface area contributed by atoms with Gasteiger partial charge in [0.05, 0.1) is 18.0 Å². The van der Waals surface area contributed by atoms with E-state index < -0.39 is 60.1 Å². The summed E-state index contributed by atoms with van der Waals surface area (Å²) in [6.07, 6.45) is -6.69. The number of alkyl halides is 3. The molecule has 0 spiro atoms. The monoisotopic (exact) mass is 491 g/mol. The van der Waals surface area contributed by atoms with Crippen molar-refractivity contribution in [2.24, 2.45) is 0 Å². The van der Waals surface area contributed by atoms with E-state index in [1.165, 1.54) is 6.07 Å². The highest BCUT2D eigenvalue weighted by molar-refractivity contribution is 5.99. The van der Waals surface area contributed by atoms with E-state index in [2.05, 4.69) is 5.32 Å². The van der Waals surface area contributed by atoms with E-state index in [1.54, 1.807) is 30.3 Å². The van der Waals surface area contributed by atoms with Crippen LogP contribution in [0.4, 0.5) is 13.2 Å². The Balaban J connectivity index is 1.41. The number of aliphatic carboxylic acids is 1. The van der Waals surface area contributed by atoms with Crippen molar-refractivity contribution in [1.82, 2.24) is 15.1 Å². The number of halogens is 3. The third kappa shape index (κ3) is 4.91. The van der Waals surface area contributed by atoms with Crippen LogP contribution in [-0.4, -0.2) is 70.0 Å². The third-order valence-electron chi connectivity index (χ3n) is 5.79. The molecule has 0 saturated carbocycles. The Morgan fingerprint density at radius 3 is 2.46 bits per heavy atom. The number of nitrogens with one attached hydrogen (secondary N) is 1. The highest BCUT2D eigenvalue weighted by Crippen LogP contribution is 2.34. The molecule has 0 aromatic heterocycles. The summed E-state index contributed by atoms with van der Waals surface area (Å²) in [5.74, 6) is -3.05. The number of ether oxygens (including phenoxy) is 1. The normalized spacial score (nSPS) is 21.2. The molecule has 3 amide bonds. The quantitative estimate of drug-likeness (QED) is 0.564. The number of fused-ring (bicyclic) bond motifs is 1. The van der Waals surface area contributed by atoms with Crippen LogP contribution < -0.4 is 10.1 Å². The molecule has 9 nitrogen and oxygen atoms in total. The van der Waals surface area contributed by atoms with Gasteiger partial charge in [-0.1, -0.05) is 36.4 Å². The van der Waals surface area contributed by atoms with Crippen LogP contribution in [0, 0.1) is 0 Å². The predicted molar refractivity (Wildman–Crippen MR) is 113 cm³/mol. The number of nitrogens with zero attached hydrogens (tertiary/aromatic N) is 2. The number of amides is 3. The highest BCUT2D eigenvalue weighted by Gasteiger charge is 2.60. The van der Waals surface area contributed by atoms with Gasteiger partial charge in [-0.15, -0.1) is 0 Å². The summed E-state index contributed by atoms with van der Waals surface area (Å²) in [7, 11) is 0. The smallest absolute Gasteiger partial charge is 0.416 e. The van der Waals surface area contributed by atoms with Crippen molar-refractivity contribution < 1.29 is 42.2 Å². The molecule has 0 aliphatic carbocycles. The first-order chi connectivity index (χ1) is 16.6. The van der Waals surface area contributed by atoms with Crippen molar-refractivity contribution in [2.45, 2.75) is 30.8 Å². The van der Waals surface area contributed by atoms with Crippen LogP contribution in [0.1, 0.15) is 11.1 Å². The van der Waals surface area contributed by atoms with Gasteiger partial charge in [-0.05, 0) is 23.8 Å². The van der Waals surface area contributed by atoms with Gasteiger partial charge in [0.25, 0.3) is 5.91 Å². The van der Waals surface area contributed by atoms with Crippen molar-refractivity contribution in [3.63, 3.8) is 0 Å². The first-order valence-corrected chi connectivity index (χ1v) is 10.5. The van der Waals surface area contributed by atoms with Gasteiger partial charge in [0.2, 0.25) is 18.0 Å². The lowest BCUT2D eigenvalue weighted by Crippen LogP contribution is -2.71. The number of carboxylic acids is 1. The van der Waals surface area contributed by atoms with E-state index in [-0.39, 0.29) is 18.7 Å². The van der Waals surface area contributed by atoms with Crippen molar-refractivity contribution in [1.29, 1.82) is 0 Å². The van der Waals surface area contributed by atoms with Crippen LogP contribution in [0.25, 0.3) is 0 Å². The molecule has 12 heteroatoms. The lowest BCUT2D eigenvalue weighted by molar-refractivity contribution is -0.166. The maximum atomic E-state index is 13.0. The molecule has 2 heterocycles. The summed E-state index contributed by atoms with van der Waals surface area (Å²) in [5, 5.41) is 12.1. The molecule has 2 saturated heterocycles. The second kappa shape index (κ2) is 9.28. The summed E-state index contributed by atoms with van der Waals surface area (Å²) in [6, 6.07) is 10.8. The molecular formula is C23H20F3N3O6. The van der Waals surface area contributed by atoms with Crippen LogP contribution in [0.15, 0.2) is 54.6 Å². The second-order valence-corrected chi connectivity index (χ2v) is 8.09. The average molecular weight is 491 g/mol. The molecule has 2 aliphatic heterocycles. The molecule has 2 unspecified atom stereocenters. The molecule has 2 aromatic rings. The average Bonchev–Trinajstić information content (AvgIpc) is 3.18. The minimum absolute atomic E-state index is 0.0532. The van der Waals surface area contributed by atoms with Gasteiger partial charge in [0.1, 0.15) is 11.8 Å². The van der Waals surface area contributed by atoms with Crippen LogP contribution >= 0.6 is 0 Å². The number of rotatable bonds is 7. The van der Waals surface area contributed by atoms with Gasteiger partial charge >= 0.3 is 12.1 Å². The fourth-order valence-electron chi connectivity index (χ4n) is 4.18. The van der Waals surface area contributed by atoms with Gasteiger partial charge in [0, 0.05) is 6.54 Å². The van der Waals surface area contributed by atoms with Gasteiger partial charge in [-0.2, -0.15) is 13.2 Å². The molecule has 184 valence electrons. The number of carbonyl (C=O) groups excluding carboxylic acids is 3. The molecule has 3 atom stereocenters. The number of benzene rings is 2. The number of carboxylic acid groups (broad SMARTS) is 1. The van der Waals surface area contributed by atoms with E-state index >= 15 is 0 Å². The SMILES string of the molecule is O=C(COc1ccccc1)N[C@@H]1C(=O)N2C1CN(C(=O)Cc1cccc(C(F)(F)F)c1)C2C(=O)O. The van der Waals surface area contributed by atoms with E-state index in [0.717, 1.165) is 28.0 Å². The molecule has 2 N–H and O–H groups in total. The van der Waals surface area contributed by atoms with Crippen molar-refractivity contribution in [3.05, 3.63) is 65.7 Å². The van der Waals surface area contributed by atoms with E-state index in [0.29, 0.717) is 5.75 Å². The van der Waals surface area contributed by atoms with Gasteiger partial charge in [0.15, 0.2) is 6.61 Å². The summed E-state index contributed by atoms with van der Waals surface area (Å²) in [6.45, 7) is -0.563. The molecule has 2 aromatic carbocycles. The molecule has 2 fully saturated rings. The molecular weight excluding hydrogens is 471 g/mol. The van der Waals surface area contributed by atoms with E-state index in [4.69, 9.17) is 4.74 Å². The molecule has 2 aliphatic rings. The standard InChI is InChI=1S/C23H20F3N3O6/c24-23(25,26)14-6-4-5-13(9-14)10-18(31)28-11-16-19(21(32)29(16)20(28)22(33)34)27-17(30)12-35-15-7-2-1-3-8-15/h1-9,16,19-20H,10-12H2,(H,27,30)(H,33,34)/t16?,19-,20?/m0/s1. The zero-order valence-corrected chi connectivity index (χ0v) is 18.1. The van der Waals surface area contributed by atoms with E-state index in [9.17, 15) is 37.5 Å².